The van der Waals surface area contributed by atoms with Gasteiger partial charge in [-0.1, -0.05) is 116 Å². The first-order chi connectivity index (χ1) is 26.4. The molecule has 1 aliphatic carbocycles. The Balaban J connectivity index is 1.55. The summed E-state index contributed by atoms with van der Waals surface area (Å²) in [5.74, 6) is -5.27. The van der Waals surface area contributed by atoms with Crippen molar-refractivity contribution in [3.8, 4) is 68.2 Å². The predicted octanol–water partition coefficient (Wildman–Crippen LogP) is 10.6. The lowest BCUT2D eigenvalue weighted by Crippen LogP contribution is -2.11. The van der Waals surface area contributed by atoms with Gasteiger partial charge in [0.1, 0.15) is 0 Å². The average Bonchev–Trinajstić information content (AvgIpc) is 3.20. The maximum absolute atomic E-state index is 11.8. The molecule has 7 aromatic carbocycles. The Morgan fingerprint density at radius 1 is 0.436 bits per heavy atom. The van der Waals surface area contributed by atoms with Crippen LogP contribution in [0, 0.1) is 19.8 Å². The Bertz CT molecular complexity index is 2680. The third-order valence-electron chi connectivity index (χ3n) is 10.9. The molecule has 0 saturated carbocycles. The van der Waals surface area contributed by atoms with E-state index in [2.05, 4.69) is 6.92 Å². The molecular weight excluding hydrogens is 693 g/mol. The second-order valence-electron chi connectivity index (χ2n) is 14.1. The summed E-state index contributed by atoms with van der Waals surface area (Å²) < 4.78 is 0. The number of phenols is 8. The van der Waals surface area contributed by atoms with Crippen molar-refractivity contribution in [1.82, 2.24) is 0 Å². The van der Waals surface area contributed by atoms with Crippen molar-refractivity contribution < 1.29 is 40.9 Å². The molecule has 0 radical (unpaired) electrons. The molecule has 0 amide bonds. The molecular formula is C47H38O8. The number of aromatic hydroxyl groups is 8. The minimum Gasteiger partial charge on any atom is -0.504 e. The van der Waals surface area contributed by atoms with Crippen LogP contribution >= 0.6 is 0 Å². The summed E-state index contributed by atoms with van der Waals surface area (Å²) in [6.07, 6.45) is 2.51. The van der Waals surface area contributed by atoms with Gasteiger partial charge in [-0.2, -0.15) is 0 Å². The highest BCUT2D eigenvalue weighted by Gasteiger charge is 2.34. The Morgan fingerprint density at radius 3 is 1.45 bits per heavy atom. The van der Waals surface area contributed by atoms with Gasteiger partial charge in [-0.25, -0.2) is 0 Å². The number of rotatable bonds is 5. The van der Waals surface area contributed by atoms with E-state index in [-0.39, 0.29) is 28.2 Å². The normalized spacial score (nSPS) is 14.5. The maximum atomic E-state index is 11.8. The summed E-state index contributed by atoms with van der Waals surface area (Å²) in [7, 11) is 0. The molecule has 8 N–H and O–H groups in total. The zero-order valence-electron chi connectivity index (χ0n) is 30.3. The molecule has 0 saturated heterocycles. The highest BCUT2D eigenvalue weighted by molar-refractivity contribution is 6.29. The number of aryl methyl sites for hydroxylation is 1. The molecule has 0 bridgehead atoms. The van der Waals surface area contributed by atoms with E-state index in [4.69, 9.17) is 0 Å². The summed E-state index contributed by atoms with van der Waals surface area (Å²) in [4.78, 5) is 0. The highest BCUT2D eigenvalue weighted by atomic mass is 16.3. The Morgan fingerprint density at radius 2 is 0.891 bits per heavy atom. The van der Waals surface area contributed by atoms with Crippen molar-refractivity contribution in [1.29, 1.82) is 0 Å². The number of benzene rings is 7. The van der Waals surface area contributed by atoms with Gasteiger partial charge in [-0.3, -0.25) is 0 Å². The molecule has 0 heterocycles. The summed E-state index contributed by atoms with van der Waals surface area (Å²) >= 11 is 0. The van der Waals surface area contributed by atoms with Crippen LogP contribution in [0.2, 0.25) is 0 Å². The largest absolute Gasteiger partial charge is 0.504 e. The quantitative estimate of drug-likeness (QED) is 0.0493. The van der Waals surface area contributed by atoms with Crippen molar-refractivity contribution in [2.75, 3.05) is 0 Å². The van der Waals surface area contributed by atoms with Gasteiger partial charge in [0.15, 0.2) is 34.5 Å². The van der Waals surface area contributed by atoms with E-state index < -0.39 is 46.0 Å². The van der Waals surface area contributed by atoms with Crippen LogP contribution in [0.15, 0.2) is 109 Å². The molecule has 0 fully saturated rings. The van der Waals surface area contributed by atoms with Crippen LogP contribution in [-0.4, -0.2) is 40.9 Å². The number of phenolic OH excluding ortho intramolecular Hbond substituents is 8. The van der Waals surface area contributed by atoms with Crippen LogP contribution in [0.1, 0.15) is 41.2 Å². The van der Waals surface area contributed by atoms with Crippen molar-refractivity contribution in [2.45, 2.75) is 27.2 Å². The summed E-state index contributed by atoms with van der Waals surface area (Å²) in [5, 5.41) is 92.9. The molecule has 7 aromatic rings. The van der Waals surface area contributed by atoms with Gasteiger partial charge < -0.3 is 40.9 Å². The highest BCUT2D eigenvalue weighted by Crippen LogP contribution is 2.60. The molecule has 1 unspecified atom stereocenters. The molecule has 274 valence electrons. The third kappa shape index (κ3) is 5.21. The zero-order chi connectivity index (χ0) is 38.9. The second kappa shape index (κ2) is 13.1. The van der Waals surface area contributed by atoms with E-state index >= 15 is 0 Å². The standard InChI is InChI=1S/C47H38O8/c1-23-13-7-8-16-27(23)33-24(2)21-22-32(34-25(3)40(48)46(54)47(55)41(34)49)38(33)36-28-17-9-11-19-30(28)37(31-20-12-10-18-29(31)36)39-44(52)42(50)35(43(51)45(39)53)26-14-5-4-6-15-26/h4-20,22,24,48-55H,21H2,1-3H3. The number of allylic oxidation sites excluding steroid dienone is 4. The van der Waals surface area contributed by atoms with Gasteiger partial charge in [0.05, 0.1) is 11.1 Å². The summed E-state index contributed by atoms with van der Waals surface area (Å²) in [5.41, 5.74) is 5.66. The van der Waals surface area contributed by atoms with E-state index in [1.807, 2.05) is 85.8 Å². The third-order valence-corrected chi connectivity index (χ3v) is 10.9. The summed E-state index contributed by atoms with van der Waals surface area (Å²) in [6, 6.07) is 31.3. The van der Waals surface area contributed by atoms with Crippen molar-refractivity contribution in [3.05, 3.63) is 137 Å². The lowest BCUT2D eigenvalue weighted by molar-refractivity contribution is 0.343. The van der Waals surface area contributed by atoms with Crippen molar-refractivity contribution >= 4 is 38.3 Å². The first-order valence-electron chi connectivity index (χ1n) is 17.9. The van der Waals surface area contributed by atoms with Crippen LogP contribution in [0.4, 0.5) is 0 Å². The smallest absolute Gasteiger partial charge is 0.204 e. The second-order valence-corrected chi connectivity index (χ2v) is 14.1. The number of fused-ring (bicyclic) bond motifs is 2. The van der Waals surface area contributed by atoms with E-state index in [0.29, 0.717) is 50.2 Å². The summed E-state index contributed by atoms with van der Waals surface area (Å²) in [6.45, 7) is 5.70. The van der Waals surface area contributed by atoms with Gasteiger partial charge >= 0.3 is 0 Å². The predicted molar refractivity (Wildman–Crippen MR) is 217 cm³/mol. The fourth-order valence-corrected chi connectivity index (χ4v) is 8.30. The number of hydrogen-bond acceptors (Lipinski definition) is 8. The Hall–Kier alpha value is -7.06. The topological polar surface area (TPSA) is 162 Å². The van der Waals surface area contributed by atoms with E-state index in [9.17, 15) is 40.9 Å². The van der Waals surface area contributed by atoms with Gasteiger partial charge in [-0.15, -0.1) is 0 Å². The Labute approximate surface area is 316 Å². The van der Waals surface area contributed by atoms with Gasteiger partial charge in [-0.05, 0) is 86.7 Å². The first kappa shape index (κ1) is 35.0. The SMILES string of the molecule is Cc1ccccc1C1=C(c2c3ccccc3c(-c3c(O)c(O)c(-c4ccccc4)c(O)c3O)c3ccccc23)C(c2c(C)c(O)c(O)c(O)c2O)=CCC1C. The molecule has 0 aliphatic heterocycles. The molecule has 8 heteroatoms. The van der Waals surface area contributed by atoms with Gasteiger partial charge in [0.25, 0.3) is 0 Å². The van der Waals surface area contributed by atoms with Crippen LogP contribution in [0.25, 0.3) is 60.5 Å². The fourth-order valence-electron chi connectivity index (χ4n) is 8.30. The number of hydrogen-bond donors (Lipinski definition) is 8. The molecule has 1 aliphatic rings. The lowest BCUT2D eigenvalue weighted by atomic mass is 9.72. The average molecular weight is 731 g/mol. The zero-order valence-corrected chi connectivity index (χ0v) is 30.3. The monoisotopic (exact) mass is 730 g/mol. The van der Waals surface area contributed by atoms with E-state index in [0.717, 1.165) is 22.3 Å². The maximum Gasteiger partial charge on any atom is 0.204 e. The molecule has 0 spiro atoms. The first-order valence-corrected chi connectivity index (χ1v) is 17.9. The molecule has 8 rings (SSSR count). The lowest BCUT2D eigenvalue weighted by Gasteiger charge is -2.32. The van der Waals surface area contributed by atoms with E-state index in [1.54, 1.807) is 37.3 Å². The van der Waals surface area contributed by atoms with Crippen molar-refractivity contribution in [3.63, 3.8) is 0 Å². The van der Waals surface area contributed by atoms with Crippen LogP contribution in [0.5, 0.6) is 46.0 Å². The molecule has 8 nitrogen and oxygen atoms in total. The minimum absolute atomic E-state index is 0.0497. The van der Waals surface area contributed by atoms with Gasteiger partial charge in [0.2, 0.25) is 11.5 Å². The Kier molecular flexibility index (Phi) is 8.34. The molecule has 0 aromatic heterocycles. The minimum atomic E-state index is -0.844. The molecule has 55 heavy (non-hydrogen) atoms. The van der Waals surface area contributed by atoms with Crippen LogP contribution < -0.4 is 0 Å². The molecule has 1 atom stereocenters. The van der Waals surface area contributed by atoms with Crippen LogP contribution in [-0.2, 0) is 0 Å². The van der Waals surface area contributed by atoms with E-state index in [1.165, 1.54) is 0 Å². The van der Waals surface area contributed by atoms with Crippen molar-refractivity contribution in [2.24, 2.45) is 5.92 Å². The van der Waals surface area contributed by atoms with Crippen LogP contribution in [0.3, 0.4) is 0 Å². The fraction of sp³-hybridized carbons (Fsp3) is 0.106. The van der Waals surface area contributed by atoms with Gasteiger partial charge in [0, 0.05) is 16.7 Å².